The first kappa shape index (κ1) is 37.0. The van der Waals surface area contributed by atoms with Gasteiger partial charge in [-0.1, -0.05) is 47.1 Å². The summed E-state index contributed by atoms with van der Waals surface area (Å²) in [6.45, 7) is 21.7. The molecule has 45 heavy (non-hydrogen) atoms. The summed E-state index contributed by atoms with van der Waals surface area (Å²) in [5.41, 5.74) is 0.0271. The van der Waals surface area contributed by atoms with Gasteiger partial charge in [0.05, 0.1) is 12.1 Å². The molecule has 1 N–H and O–H groups in total. The van der Waals surface area contributed by atoms with E-state index in [2.05, 4.69) is 37.9 Å². The Balaban J connectivity index is 1.80. The molecule has 0 aromatic heterocycles. The van der Waals surface area contributed by atoms with Crippen molar-refractivity contribution in [2.45, 2.75) is 163 Å². The van der Waals surface area contributed by atoms with Crippen LogP contribution in [-0.2, 0) is 19.2 Å². The summed E-state index contributed by atoms with van der Waals surface area (Å²) in [6.07, 6.45) is 9.37. The van der Waals surface area contributed by atoms with Crippen LogP contribution in [0, 0.1) is 11.3 Å². The zero-order valence-corrected chi connectivity index (χ0v) is 30.2. The average molecular weight is 630 g/mol. The number of likely N-dealkylation sites (N-methyl/N-ethyl adjacent to an activating group) is 1. The highest BCUT2D eigenvalue weighted by atomic mass is 16.2. The molecular formula is C36H63N5O4. The largest absolute Gasteiger partial charge is 0.342 e. The van der Waals surface area contributed by atoms with E-state index in [0.29, 0.717) is 18.5 Å². The molecule has 3 aliphatic rings. The smallest absolute Gasteiger partial charge is 0.249 e. The average Bonchev–Trinajstić information content (AvgIpc) is 3.46. The van der Waals surface area contributed by atoms with Gasteiger partial charge in [0.25, 0.3) is 0 Å². The van der Waals surface area contributed by atoms with Gasteiger partial charge in [-0.05, 0) is 97.4 Å². The van der Waals surface area contributed by atoms with E-state index in [9.17, 15) is 19.2 Å². The minimum atomic E-state index is -0.717. The normalized spacial score (nSPS) is 26.6. The van der Waals surface area contributed by atoms with Crippen LogP contribution < -0.4 is 5.32 Å². The van der Waals surface area contributed by atoms with Crippen LogP contribution in [0.2, 0.25) is 0 Å². The molecule has 3 fully saturated rings. The number of carbonyl (C=O) groups excluding carboxylic acids is 4. The van der Waals surface area contributed by atoms with Crippen LogP contribution >= 0.6 is 0 Å². The van der Waals surface area contributed by atoms with Gasteiger partial charge in [-0.2, -0.15) is 0 Å². The monoisotopic (exact) mass is 629 g/mol. The minimum absolute atomic E-state index is 0.0267. The van der Waals surface area contributed by atoms with E-state index >= 15 is 0 Å². The number of piperidine rings is 2. The summed E-state index contributed by atoms with van der Waals surface area (Å²) in [4.78, 5) is 63.1. The quantitative estimate of drug-likeness (QED) is 0.363. The lowest BCUT2D eigenvalue weighted by molar-refractivity contribution is -0.146. The molecule has 3 heterocycles. The van der Waals surface area contributed by atoms with Crippen molar-refractivity contribution in [2.75, 3.05) is 20.1 Å². The topological polar surface area (TPSA) is 93.3 Å². The molecule has 9 heteroatoms. The maximum atomic E-state index is 14.2. The number of rotatable bonds is 9. The Kier molecular flexibility index (Phi) is 12.7. The van der Waals surface area contributed by atoms with Crippen LogP contribution in [0.15, 0.2) is 11.6 Å². The summed E-state index contributed by atoms with van der Waals surface area (Å²) in [5, 5.41) is 3.15. The van der Waals surface area contributed by atoms with Crippen LogP contribution in [0.3, 0.4) is 0 Å². The highest BCUT2D eigenvalue weighted by molar-refractivity contribution is 5.97. The van der Waals surface area contributed by atoms with Crippen molar-refractivity contribution in [3.8, 4) is 0 Å². The molecule has 0 aromatic rings. The van der Waals surface area contributed by atoms with E-state index in [1.165, 1.54) is 0 Å². The van der Waals surface area contributed by atoms with Gasteiger partial charge in [-0.25, -0.2) is 0 Å². The Hall–Kier alpha value is -2.42. The van der Waals surface area contributed by atoms with E-state index in [0.717, 1.165) is 51.5 Å². The van der Waals surface area contributed by atoms with Crippen molar-refractivity contribution >= 4 is 23.6 Å². The fourth-order valence-electron chi connectivity index (χ4n) is 7.69. The van der Waals surface area contributed by atoms with E-state index in [4.69, 9.17) is 0 Å². The Labute approximate surface area is 273 Å². The van der Waals surface area contributed by atoms with Gasteiger partial charge in [0.1, 0.15) is 12.1 Å². The summed E-state index contributed by atoms with van der Waals surface area (Å²) in [5.74, 6) is -0.297. The molecule has 0 aromatic carbocycles. The molecule has 0 aliphatic carbocycles. The van der Waals surface area contributed by atoms with Gasteiger partial charge < -0.3 is 20.0 Å². The zero-order valence-electron chi connectivity index (χ0n) is 30.2. The molecule has 3 saturated heterocycles. The van der Waals surface area contributed by atoms with Crippen LogP contribution in [0.1, 0.15) is 121 Å². The molecule has 256 valence electrons. The molecule has 0 bridgehead atoms. The summed E-state index contributed by atoms with van der Waals surface area (Å²) in [6, 6.07) is -1.14. The molecular weight excluding hydrogens is 566 g/mol. The third-order valence-corrected chi connectivity index (χ3v) is 10.4. The number of carbonyl (C=O) groups is 4. The predicted molar refractivity (Wildman–Crippen MR) is 180 cm³/mol. The van der Waals surface area contributed by atoms with Gasteiger partial charge in [0.2, 0.25) is 23.6 Å². The fourth-order valence-corrected chi connectivity index (χ4v) is 7.69. The van der Waals surface area contributed by atoms with Gasteiger partial charge in [-0.3, -0.25) is 24.1 Å². The second-order valence-electron chi connectivity index (χ2n) is 15.7. The highest BCUT2D eigenvalue weighted by Crippen LogP contribution is 2.30. The molecule has 4 amide bonds. The lowest BCUT2D eigenvalue weighted by atomic mass is 9.84. The van der Waals surface area contributed by atoms with E-state index in [1.807, 2.05) is 45.6 Å². The maximum Gasteiger partial charge on any atom is 0.249 e. The van der Waals surface area contributed by atoms with E-state index in [1.54, 1.807) is 23.8 Å². The first-order valence-electron chi connectivity index (χ1n) is 17.6. The van der Waals surface area contributed by atoms with Gasteiger partial charge in [0, 0.05) is 37.3 Å². The maximum absolute atomic E-state index is 14.2. The number of nitrogens with zero attached hydrogens (tertiary/aromatic N) is 4. The molecule has 0 saturated carbocycles. The van der Waals surface area contributed by atoms with Gasteiger partial charge in [-0.15, -0.1) is 0 Å². The molecule has 3 aliphatic heterocycles. The van der Waals surface area contributed by atoms with Gasteiger partial charge >= 0.3 is 0 Å². The molecule has 3 rings (SSSR count). The number of likely N-dealkylation sites (tertiary alicyclic amines) is 3. The van der Waals surface area contributed by atoms with Crippen molar-refractivity contribution in [3.63, 3.8) is 0 Å². The van der Waals surface area contributed by atoms with Crippen LogP contribution in [0.5, 0.6) is 0 Å². The number of hydrogen-bond donors (Lipinski definition) is 1. The molecule has 9 nitrogen and oxygen atoms in total. The lowest BCUT2D eigenvalue weighted by Gasteiger charge is -2.42. The van der Waals surface area contributed by atoms with Crippen LogP contribution in [0.25, 0.3) is 0 Å². The van der Waals surface area contributed by atoms with Crippen molar-refractivity contribution in [1.82, 2.24) is 24.9 Å². The van der Waals surface area contributed by atoms with E-state index < -0.39 is 17.5 Å². The SMILES string of the molecule is CC(=C[C@H](C(C)C)N(C)C(=O)[C@@H](NC(=O)[C@H]1CCCCN1C(C)C)C(C)(C)C)C(=O)N1CCC[C@H]1C(=O)N1C(C)CCCC1C. The molecule has 0 radical (unpaired) electrons. The lowest BCUT2D eigenvalue weighted by Crippen LogP contribution is -2.60. The standard InChI is InChI=1S/C36H63N5O4/c1-23(2)30(22-25(5)33(43)40-21-15-19-29(40)34(44)41-26(6)16-14-17-27(41)7)38(11)35(45)31(36(8,9)10)37-32(42)28-18-12-13-20-39(28)24(3)4/h22-24,26-31H,12-21H2,1-11H3,(H,37,42)/t26?,27?,28-,29+,30-,31-/m1/s1. The van der Waals surface area contributed by atoms with E-state index in [-0.39, 0.29) is 59.8 Å². The van der Waals surface area contributed by atoms with Crippen LogP contribution in [0.4, 0.5) is 0 Å². The second kappa shape index (κ2) is 15.4. The Morgan fingerprint density at radius 2 is 1.44 bits per heavy atom. The van der Waals surface area contributed by atoms with Crippen molar-refractivity contribution in [2.24, 2.45) is 11.3 Å². The Morgan fingerprint density at radius 3 is 2.00 bits per heavy atom. The third kappa shape index (κ3) is 8.69. The second-order valence-corrected chi connectivity index (χ2v) is 15.7. The van der Waals surface area contributed by atoms with Crippen molar-refractivity contribution in [3.05, 3.63) is 11.6 Å². The number of hydrogen-bond acceptors (Lipinski definition) is 5. The summed E-state index contributed by atoms with van der Waals surface area (Å²) < 4.78 is 0. The number of amides is 4. The summed E-state index contributed by atoms with van der Waals surface area (Å²) in [7, 11) is 1.77. The molecule has 2 unspecified atom stereocenters. The minimum Gasteiger partial charge on any atom is -0.342 e. The number of nitrogens with one attached hydrogen (secondary N) is 1. The molecule has 6 atom stereocenters. The van der Waals surface area contributed by atoms with Crippen LogP contribution in [-0.4, -0.2) is 106 Å². The Morgan fingerprint density at radius 1 is 0.844 bits per heavy atom. The third-order valence-electron chi connectivity index (χ3n) is 10.4. The highest BCUT2D eigenvalue weighted by Gasteiger charge is 2.42. The summed E-state index contributed by atoms with van der Waals surface area (Å²) >= 11 is 0. The Bertz CT molecular complexity index is 1090. The first-order valence-corrected chi connectivity index (χ1v) is 17.6. The van der Waals surface area contributed by atoms with Gasteiger partial charge in [0.15, 0.2) is 0 Å². The zero-order chi connectivity index (χ0) is 33.8. The van der Waals surface area contributed by atoms with Crippen molar-refractivity contribution in [1.29, 1.82) is 0 Å². The fraction of sp³-hybridized carbons (Fsp3) is 0.833. The molecule has 0 spiro atoms. The predicted octanol–water partition coefficient (Wildman–Crippen LogP) is 4.99. The van der Waals surface area contributed by atoms with Crippen molar-refractivity contribution < 1.29 is 19.2 Å². The first-order chi connectivity index (χ1) is 21.0.